The maximum Gasteiger partial charge on any atom is 0.257 e. The zero-order chi connectivity index (χ0) is 23.3. The summed E-state index contributed by atoms with van der Waals surface area (Å²) in [4.78, 5) is 29.3. The van der Waals surface area contributed by atoms with E-state index in [1.54, 1.807) is 47.8 Å². The lowest BCUT2D eigenvalue weighted by Crippen LogP contribution is -2.15. The summed E-state index contributed by atoms with van der Waals surface area (Å²) in [5.41, 5.74) is 1.64. The van der Waals surface area contributed by atoms with Crippen LogP contribution in [0.25, 0.3) is 0 Å². The van der Waals surface area contributed by atoms with Gasteiger partial charge in [0.1, 0.15) is 11.5 Å². The number of para-hydroxylation sites is 1. The van der Waals surface area contributed by atoms with Crippen LogP contribution in [0.2, 0.25) is 0 Å². The fourth-order valence-corrected chi connectivity index (χ4v) is 3.96. The van der Waals surface area contributed by atoms with Crippen LogP contribution in [0.3, 0.4) is 0 Å². The first-order valence-corrected chi connectivity index (χ1v) is 11.3. The third-order valence-corrected chi connectivity index (χ3v) is 5.67. The van der Waals surface area contributed by atoms with Gasteiger partial charge in [0.25, 0.3) is 5.91 Å². The molecule has 9 heteroatoms. The maximum absolute atomic E-state index is 12.5. The van der Waals surface area contributed by atoms with Crippen molar-refractivity contribution in [1.29, 1.82) is 0 Å². The Bertz CT molecular complexity index is 1320. The summed E-state index contributed by atoms with van der Waals surface area (Å²) in [6.07, 6.45) is 0.0820. The molecule has 34 heavy (non-hydrogen) atoms. The lowest BCUT2D eigenvalue weighted by Gasteiger charge is -2.07. The molecule has 0 saturated carbocycles. The molecule has 1 aliphatic rings. The number of fused-ring (bicyclic) bond motifs is 1. The molecule has 0 aliphatic carbocycles. The molecule has 0 bridgehead atoms. The second-order valence-electron chi connectivity index (χ2n) is 7.33. The largest absolute Gasteiger partial charge is 0.457 e. The molecule has 2 amide bonds. The van der Waals surface area contributed by atoms with Gasteiger partial charge < -0.3 is 19.5 Å². The zero-order valence-electron chi connectivity index (χ0n) is 17.8. The minimum absolute atomic E-state index is 0.0820. The number of ether oxygens (including phenoxy) is 3. The number of thiazole rings is 1. The monoisotopic (exact) mass is 473 g/mol. The quantitative estimate of drug-likeness (QED) is 0.388. The topological polar surface area (TPSA) is 98.8 Å². The highest BCUT2D eigenvalue weighted by Crippen LogP contribution is 2.32. The van der Waals surface area contributed by atoms with Crippen LogP contribution in [0, 0.1) is 0 Å². The van der Waals surface area contributed by atoms with Crippen LogP contribution in [0.4, 0.5) is 10.8 Å². The normalized spacial score (nSPS) is 11.6. The minimum Gasteiger partial charge on any atom is -0.457 e. The SMILES string of the molecule is O=C(Cc1csc(NC(=O)c2ccc3c(c2)OCO3)n1)Nc1ccc(Oc2ccccc2)cc1. The lowest BCUT2D eigenvalue weighted by atomic mass is 10.2. The van der Waals surface area contributed by atoms with Gasteiger partial charge in [0, 0.05) is 16.6 Å². The molecule has 2 heterocycles. The molecule has 1 aromatic heterocycles. The molecule has 0 radical (unpaired) electrons. The molecule has 0 saturated heterocycles. The molecular weight excluding hydrogens is 454 g/mol. The Labute approximate surface area is 199 Å². The van der Waals surface area contributed by atoms with Crippen LogP contribution in [0.5, 0.6) is 23.0 Å². The van der Waals surface area contributed by atoms with Gasteiger partial charge in [-0.25, -0.2) is 4.98 Å². The summed E-state index contributed by atoms with van der Waals surface area (Å²) in [7, 11) is 0. The zero-order valence-corrected chi connectivity index (χ0v) is 18.6. The van der Waals surface area contributed by atoms with E-state index in [-0.39, 0.29) is 25.0 Å². The fourth-order valence-electron chi connectivity index (χ4n) is 3.25. The van der Waals surface area contributed by atoms with Gasteiger partial charge in [-0.05, 0) is 54.6 Å². The first-order chi connectivity index (χ1) is 16.6. The number of nitrogens with one attached hydrogen (secondary N) is 2. The van der Waals surface area contributed by atoms with Crippen molar-refractivity contribution in [3.63, 3.8) is 0 Å². The molecule has 0 atom stereocenters. The Hall–Kier alpha value is -4.37. The molecule has 0 fully saturated rings. The van der Waals surface area contributed by atoms with Crippen LogP contribution in [-0.2, 0) is 11.2 Å². The Morgan fingerprint density at radius 1 is 0.912 bits per heavy atom. The van der Waals surface area contributed by atoms with Crippen molar-refractivity contribution in [2.24, 2.45) is 0 Å². The summed E-state index contributed by atoms with van der Waals surface area (Å²) >= 11 is 1.25. The van der Waals surface area contributed by atoms with Crippen LogP contribution < -0.4 is 24.8 Å². The van der Waals surface area contributed by atoms with Gasteiger partial charge in [-0.15, -0.1) is 11.3 Å². The average Bonchev–Trinajstić information content (AvgIpc) is 3.49. The first-order valence-electron chi connectivity index (χ1n) is 10.4. The number of hydrogen-bond donors (Lipinski definition) is 2. The van der Waals surface area contributed by atoms with Crippen molar-refractivity contribution < 1.29 is 23.8 Å². The number of benzene rings is 3. The molecule has 0 unspecified atom stereocenters. The summed E-state index contributed by atoms with van der Waals surface area (Å²) in [6.45, 7) is 0.143. The van der Waals surface area contributed by atoms with Gasteiger partial charge >= 0.3 is 0 Å². The molecule has 8 nitrogen and oxygen atoms in total. The lowest BCUT2D eigenvalue weighted by molar-refractivity contribution is -0.115. The predicted molar refractivity (Wildman–Crippen MR) is 128 cm³/mol. The molecule has 0 spiro atoms. The summed E-state index contributed by atoms with van der Waals surface area (Å²) < 4.78 is 16.3. The number of anilines is 2. The number of nitrogens with zero attached hydrogens (tertiary/aromatic N) is 1. The Balaban J connectivity index is 1.14. The second kappa shape index (κ2) is 9.63. The molecule has 170 valence electrons. The summed E-state index contributed by atoms with van der Waals surface area (Å²) in [5.74, 6) is 2.02. The van der Waals surface area contributed by atoms with Gasteiger partial charge in [0.15, 0.2) is 16.6 Å². The van der Waals surface area contributed by atoms with Crippen molar-refractivity contribution >= 4 is 34.0 Å². The number of hydrogen-bond acceptors (Lipinski definition) is 7. The van der Waals surface area contributed by atoms with Gasteiger partial charge in [0.05, 0.1) is 12.1 Å². The highest BCUT2D eigenvalue weighted by molar-refractivity contribution is 7.14. The number of amides is 2. The van der Waals surface area contributed by atoms with Crippen molar-refractivity contribution in [3.8, 4) is 23.0 Å². The first kappa shape index (κ1) is 21.5. The van der Waals surface area contributed by atoms with E-state index in [1.165, 1.54) is 11.3 Å². The van der Waals surface area contributed by atoms with Gasteiger partial charge in [-0.1, -0.05) is 18.2 Å². The highest BCUT2D eigenvalue weighted by Gasteiger charge is 2.17. The minimum atomic E-state index is -0.318. The average molecular weight is 474 g/mol. The van der Waals surface area contributed by atoms with E-state index in [0.29, 0.717) is 39.3 Å². The van der Waals surface area contributed by atoms with Crippen molar-refractivity contribution in [3.05, 3.63) is 89.4 Å². The van der Waals surface area contributed by atoms with Gasteiger partial charge in [-0.3, -0.25) is 14.9 Å². The summed E-state index contributed by atoms with van der Waals surface area (Å²) in [5, 5.41) is 7.74. The number of carbonyl (C=O) groups is 2. The standard InChI is InChI=1S/C25H19N3O5S/c29-23(26-17-7-9-20(10-8-17)33-19-4-2-1-3-5-19)13-18-14-34-25(27-18)28-24(30)16-6-11-21-22(12-16)32-15-31-21/h1-12,14H,13,15H2,(H,26,29)(H,27,28,30). The van der Waals surface area contributed by atoms with Gasteiger partial charge in [-0.2, -0.15) is 0 Å². The van der Waals surface area contributed by atoms with Crippen molar-refractivity contribution in [2.45, 2.75) is 6.42 Å². The smallest absolute Gasteiger partial charge is 0.257 e. The molecular formula is C25H19N3O5S. The third kappa shape index (κ3) is 5.16. The van der Waals surface area contributed by atoms with E-state index < -0.39 is 0 Å². The Morgan fingerprint density at radius 3 is 2.50 bits per heavy atom. The number of rotatable bonds is 7. The van der Waals surface area contributed by atoms with E-state index in [2.05, 4.69) is 15.6 Å². The predicted octanol–water partition coefficient (Wildman–Crippen LogP) is 5.10. The molecule has 3 aromatic carbocycles. The highest BCUT2D eigenvalue weighted by atomic mass is 32.1. The molecule has 1 aliphatic heterocycles. The van der Waals surface area contributed by atoms with Crippen molar-refractivity contribution in [2.75, 3.05) is 17.4 Å². The maximum atomic E-state index is 12.5. The molecule has 5 rings (SSSR count). The second-order valence-corrected chi connectivity index (χ2v) is 8.19. The molecule has 2 N–H and O–H groups in total. The summed E-state index contributed by atoms with van der Waals surface area (Å²) in [6, 6.07) is 21.5. The van der Waals surface area contributed by atoms with E-state index in [9.17, 15) is 9.59 Å². The Kier molecular flexibility index (Phi) is 6.09. The van der Waals surface area contributed by atoms with Gasteiger partial charge in [0.2, 0.25) is 12.7 Å². The van der Waals surface area contributed by atoms with E-state index in [4.69, 9.17) is 14.2 Å². The van der Waals surface area contributed by atoms with Crippen LogP contribution >= 0.6 is 11.3 Å². The van der Waals surface area contributed by atoms with E-state index >= 15 is 0 Å². The van der Waals surface area contributed by atoms with Crippen LogP contribution in [0.15, 0.2) is 78.2 Å². The Morgan fingerprint density at radius 2 is 1.68 bits per heavy atom. The number of aromatic nitrogens is 1. The third-order valence-electron chi connectivity index (χ3n) is 4.87. The van der Waals surface area contributed by atoms with Crippen LogP contribution in [0.1, 0.15) is 16.1 Å². The molecule has 4 aromatic rings. The van der Waals surface area contributed by atoms with Crippen LogP contribution in [-0.4, -0.2) is 23.6 Å². The number of carbonyl (C=O) groups excluding carboxylic acids is 2. The fraction of sp³-hybridized carbons (Fsp3) is 0.0800. The van der Waals surface area contributed by atoms with E-state index in [1.807, 2.05) is 30.3 Å². The van der Waals surface area contributed by atoms with E-state index in [0.717, 1.165) is 5.75 Å². The van der Waals surface area contributed by atoms with Crippen molar-refractivity contribution in [1.82, 2.24) is 4.98 Å².